The van der Waals surface area contributed by atoms with Crippen molar-refractivity contribution in [2.45, 2.75) is 38.0 Å². The molecule has 0 radical (unpaired) electrons. The third-order valence-corrected chi connectivity index (χ3v) is 4.94. The third kappa shape index (κ3) is 6.20. The lowest BCUT2D eigenvalue weighted by Crippen LogP contribution is -2.44. The van der Waals surface area contributed by atoms with Gasteiger partial charge in [-0.1, -0.05) is 78.3 Å². The van der Waals surface area contributed by atoms with Gasteiger partial charge in [0.15, 0.2) is 0 Å². The van der Waals surface area contributed by atoms with Crippen LogP contribution >= 0.6 is 11.6 Å². The van der Waals surface area contributed by atoms with Crippen molar-refractivity contribution in [2.24, 2.45) is 0 Å². The second kappa shape index (κ2) is 11.4. The highest BCUT2D eigenvalue weighted by Gasteiger charge is 2.46. The van der Waals surface area contributed by atoms with Crippen LogP contribution in [0.25, 0.3) is 5.57 Å². The Balaban J connectivity index is 2.16. The van der Waals surface area contributed by atoms with E-state index in [1.165, 1.54) is 0 Å². The minimum Gasteiger partial charge on any atom is -0.464 e. The first-order valence-electron chi connectivity index (χ1n) is 9.87. The fourth-order valence-electron chi connectivity index (χ4n) is 3.01. The van der Waals surface area contributed by atoms with Crippen LogP contribution in [-0.4, -0.2) is 30.0 Å². The summed E-state index contributed by atoms with van der Waals surface area (Å²) in [7, 11) is 0. The van der Waals surface area contributed by atoms with Crippen molar-refractivity contribution in [3.05, 3.63) is 77.9 Å². The largest absolute Gasteiger partial charge is 0.464 e. The second-order valence-corrected chi connectivity index (χ2v) is 7.13. The molecule has 29 heavy (non-hydrogen) atoms. The average molecular weight is 415 g/mol. The van der Waals surface area contributed by atoms with Crippen LogP contribution < -0.4 is 0 Å². The van der Waals surface area contributed by atoms with Gasteiger partial charge in [0, 0.05) is 0 Å². The molecule has 0 amide bonds. The van der Waals surface area contributed by atoms with Crippen molar-refractivity contribution < 1.29 is 19.1 Å². The molecule has 0 saturated carbocycles. The Labute approximate surface area is 177 Å². The van der Waals surface area contributed by atoms with Gasteiger partial charge in [0.1, 0.15) is 0 Å². The standard InChI is InChI=1S/C24H27ClO4/c1-3-28-22(26)24(25,23(27)29-4-2)18-12-11-17-21(19-13-7-5-8-14-19)20-15-9-6-10-16-20/h5-10,13-17H,3-4,11-12,18H2,1-2H3. The van der Waals surface area contributed by atoms with Gasteiger partial charge in [-0.15, -0.1) is 0 Å². The van der Waals surface area contributed by atoms with E-state index in [0.29, 0.717) is 12.8 Å². The lowest BCUT2D eigenvalue weighted by atomic mass is 9.95. The van der Waals surface area contributed by atoms with Crippen molar-refractivity contribution in [1.29, 1.82) is 0 Å². The minimum absolute atomic E-state index is 0.138. The minimum atomic E-state index is -1.81. The van der Waals surface area contributed by atoms with Crippen molar-refractivity contribution in [3.63, 3.8) is 0 Å². The molecule has 0 N–H and O–H groups in total. The lowest BCUT2D eigenvalue weighted by Gasteiger charge is -2.22. The van der Waals surface area contributed by atoms with E-state index in [1.807, 2.05) is 36.4 Å². The number of hydrogen-bond acceptors (Lipinski definition) is 4. The van der Waals surface area contributed by atoms with E-state index in [2.05, 4.69) is 30.3 Å². The van der Waals surface area contributed by atoms with Gasteiger partial charge in [0.25, 0.3) is 0 Å². The summed E-state index contributed by atoms with van der Waals surface area (Å²) >= 11 is 6.38. The summed E-state index contributed by atoms with van der Waals surface area (Å²) in [5, 5.41) is 0. The van der Waals surface area contributed by atoms with Gasteiger partial charge in [-0.25, -0.2) is 9.59 Å². The van der Waals surface area contributed by atoms with Gasteiger partial charge >= 0.3 is 11.9 Å². The van der Waals surface area contributed by atoms with Gasteiger partial charge in [-0.3, -0.25) is 0 Å². The van der Waals surface area contributed by atoms with Gasteiger partial charge in [-0.05, 0) is 49.8 Å². The van der Waals surface area contributed by atoms with E-state index < -0.39 is 16.8 Å². The Kier molecular flexibility index (Phi) is 8.94. The number of esters is 2. The van der Waals surface area contributed by atoms with E-state index in [0.717, 1.165) is 16.7 Å². The Morgan fingerprint density at radius 1 is 0.862 bits per heavy atom. The van der Waals surface area contributed by atoms with E-state index in [1.54, 1.807) is 13.8 Å². The lowest BCUT2D eigenvalue weighted by molar-refractivity contribution is -0.159. The number of carbonyl (C=O) groups is 2. The first-order chi connectivity index (χ1) is 14.0. The summed E-state index contributed by atoms with van der Waals surface area (Å²) in [6, 6.07) is 20.2. The maximum atomic E-state index is 12.3. The molecule has 0 aliphatic heterocycles. The van der Waals surface area contributed by atoms with Gasteiger partial charge < -0.3 is 9.47 Å². The molecule has 2 rings (SSSR count). The zero-order valence-electron chi connectivity index (χ0n) is 16.9. The molecule has 0 atom stereocenters. The van der Waals surface area contributed by atoms with Crippen molar-refractivity contribution in [3.8, 4) is 0 Å². The van der Waals surface area contributed by atoms with Crippen LogP contribution in [0, 0.1) is 0 Å². The van der Waals surface area contributed by atoms with Crippen LogP contribution in [0.15, 0.2) is 66.7 Å². The zero-order valence-corrected chi connectivity index (χ0v) is 17.7. The molecule has 0 aliphatic rings. The maximum absolute atomic E-state index is 12.3. The highest BCUT2D eigenvalue weighted by molar-refractivity contribution is 6.44. The average Bonchev–Trinajstić information content (AvgIpc) is 2.75. The normalized spacial score (nSPS) is 10.9. The summed E-state index contributed by atoms with van der Waals surface area (Å²) in [5.41, 5.74) is 3.30. The number of carbonyl (C=O) groups excluding carboxylic acids is 2. The quantitative estimate of drug-likeness (QED) is 0.226. The first-order valence-corrected chi connectivity index (χ1v) is 10.2. The van der Waals surface area contributed by atoms with Crippen molar-refractivity contribution in [2.75, 3.05) is 13.2 Å². The SMILES string of the molecule is CCOC(=O)C(Cl)(CCCC=C(c1ccccc1)c1ccccc1)C(=O)OCC. The van der Waals surface area contributed by atoms with Crippen LogP contribution in [0.3, 0.4) is 0 Å². The monoisotopic (exact) mass is 414 g/mol. The molecular formula is C24H27ClO4. The van der Waals surface area contributed by atoms with E-state index in [4.69, 9.17) is 21.1 Å². The first kappa shape index (κ1) is 22.7. The highest BCUT2D eigenvalue weighted by Crippen LogP contribution is 2.29. The molecule has 0 saturated heterocycles. The Morgan fingerprint density at radius 3 is 1.72 bits per heavy atom. The van der Waals surface area contributed by atoms with Crippen LogP contribution in [0.5, 0.6) is 0 Å². The molecule has 0 bridgehead atoms. The summed E-state index contributed by atoms with van der Waals surface area (Å²) in [6.45, 7) is 3.65. The third-order valence-electron chi connectivity index (χ3n) is 4.44. The molecule has 2 aromatic rings. The summed E-state index contributed by atoms with van der Waals surface area (Å²) in [5.74, 6) is -1.51. The van der Waals surface area contributed by atoms with Crippen molar-refractivity contribution >= 4 is 29.1 Å². The number of halogens is 1. The fourth-order valence-corrected chi connectivity index (χ4v) is 3.25. The van der Waals surface area contributed by atoms with Crippen molar-refractivity contribution in [1.82, 2.24) is 0 Å². The molecule has 4 nitrogen and oxygen atoms in total. The maximum Gasteiger partial charge on any atom is 0.338 e. The van der Waals surface area contributed by atoms with E-state index in [9.17, 15) is 9.59 Å². The fraction of sp³-hybridized carbons (Fsp3) is 0.333. The predicted octanol–water partition coefficient (Wildman–Crippen LogP) is 5.39. The number of benzene rings is 2. The number of hydrogen-bond donors (Lipinski definition) is 0. The number of unbranched alkanes of at least 4 members (excludes halogenated alkanes) is 1. The van der Waals surface area contributed by atoms with E-state index in [-0.39, 0.29) is 19.6 Å². The van der Waals surface area contributed by atoms with Gasteiger partial charge in [0.2, 0.25) is 4.87 Å². The zero-order chi connectivity index (χ0) is 21.1. The predicted molar refractivity (Wildman–Crippen MR) is 116 cm³/mol. The summed E-state index contributed by atoms with van der Waals surface area (Å²) in [4.78, 5) is 22.8. The summed E-state index contributed by atoms with van der Waals surface area (Å²) in [6.07, 6.45) is 3.43. The van der Waals surface area contributed by atoms with Crippen LogP contribution in [-0.2, 0) is 19.1 Å². The number of alkyl halides is 1. The van der Waals surface area contributed by atoms with Crippen LogP contribution in [0.1, 0.15) is 44.2 Å². The smallest absolute Gasteiger partial charge is 0.338 e. The molecule has 5 heteroatoms. The number of rotatable bonds is 10. The topological polar surface area (TPSA) is 52.6 Å². The van der Waals surface area contributed by atoms with Gasteiger partial charge in [0.05, 0.1) is 13.2 Å². The molecule has 0 heterocycles. The molecule has 0 fully saturated rings. The summed E-state index contributed by atoms with van der Waals surface area (Å²) < 4.78 is 10.0. The Bertz CT molecular complexity index is 756. The van der Waals surface area contributed by atoms with Gasteiger partial charge in [-0.2, -0.15) is 0 Å². The number of ether oxygens (including phenoxy) is 2. The highest BCUT2D eigenvalue weighted by atomic mass is 35.5. The molecule has 0 spiro atoms. The van der Waals surface area contributed by atoms with E-state index >= 15 is 0 Å². The Hall–Kier alpha value is -2.59. The number of allylic oxidation sites excluding steroid dienone is 1. The van der Waals surface area contributed by atoms with Crippen LogP contribution in [0.4, 0.5) is 0 Å². The molecule has 2 aromatic carbocycles. The molecular weight excluding hydrogens is 388 g/mol. The molecule has 154 valence electrons. The van der Waals surface area contributed by atoms with Crippen LogP contribution in [0.2, 0.25) is 0 Å². The second-order valence-electron chi connectivity index (χ2n) is 6.48. The Morgan fingerprint density at radius 2 is 1.31 bits per heavy atom. The molecule has 0 aromatic heterocycles. The molecule has 0 unspecified atom stereocenters. The molecule has 0 aliphatic carbocycles.